The lowest BCUT2D eigenvalue weighted by Gasteiger charge is -2.39. The molecule has 0 bridgehead atoms. The molecule has 1 aliphatic heterocycles. The van der Waals surface area contributed by atoms with E-state index in [0.29, 0.717) is 24.0 Å². The maximum absolute atomic E-state index is 12.9. The predicted octanol–water partition coefficient (Wildman–Crippen LogP) is 2.95. The van der Waals surface area contributed by atoms with Crippen molar-refractivity contribution in [3.63, 3.8) is 0 Å². The summed E-state index contributed by atoms with van der Waals surface area (Å²) in [6, 6.07) is 6.87. The monoisotopic (exact) mass is 388 g/mol. The van der Waals surface area contributed by atoms with Gasteiger partial charge in [-0.1, -0.05) is 43.6 Å². The third-order valence-electron chi connectivity index (χ3n) is 4.79. The number of aromatic nitrogens is 2. The molecule has 0 radical (unpaired) electrons. The maximum atomic E-state index is 12.9. The van der Waals surface area contributed by atoms with E-state index in [1.54, 1.807) is 35.3 Å². The minimum Gasteiger partial charge on any atom is -0.333 e. The highest BCUT2D eigenvalue weighted by Gasteiger charge is 2.37. The molecule has 1 aromatic carbocycles. The van der Waals surface area contributed by atoms with Crippen LogP contribution < -0.4 is 0 Å². The first-order chi connectivity index (χ1) is 12.9. The van der Waals surface area contributed by atoms with Crippen LogP contribution in [0.5, 0.6) is 0 Å². The van der Waals surface area contributed by atoms with E-state index in [1.165, 1.54) is 0 Å². The Balaban J connectivity index is 1.72. The standard InChI is InChI=1S/C20H25ClN4O2/c1-14(2)9-24-13-22-8-17(24)11-25-15(3)20(27)23(12-19(25)26)10-16-6-4-5-7-18(16)21/h4-8,13-15H,9-12H2,1-3H3/t15-/m0/s1. The van der Waals surface area contributed by atoms with Crippen molar-refractivity contribution in [2.24, 2.45) is 5.92 Å². The van der Waals surface area contributed by atoms with Crippen LogP contribution in [-0.2, 0) is 29.2 Å². The number of halogens is 1. The van der Waals surface area contributed by atoms with Crippen LogP contribution in [0.4, 0.5) is 0 Å². The van der Waals surface area contributed by atoms with Gasteiger partial charge in [-0.3, -0.25) is 9.59 Å². The topological polar surface area (TPSA) is 58.4 Å². The summed E-state index contributed by atoms with van der Waals surface area (Å²) in [5.41, 5.74) is 1.78. The highest BCUT2D eigenvalue weighted by molar-refractivity contribution is 6.31. The molecule has 7 heteroatoms. The van der Waals surface area contributed by atoms with Crippen molar-refractivity contribution in [3.05, 3.63) is 53.1 Å². The van der Waals surface area contributed by atoms with Crippen molar-refractivity contribution in [1.29, 1.82) is 0 Å². The number of hydrogen-bond acceptors (Lipinski definition) is 3. The molecular formula is C20H25ClN4O2. The molecule has 0 unspecified atom stereocenters. The number of amides is 2. The molecule has 1 fully saturated rings. The van der Waals surface area contributed by atoms with Gasteiger partial charge in [0.15, 0.2) is 0 Å². The molecule has 0 spiro atoms. The average molecular weight is 389 g/mol. The largest absolute Gasteiger partial charge is 0.333 e. The van der Waals surface area contributed by atoms with E-state index in [0.717, 1.165) is 17.8 Å². The van der Waals surface area contributed by atoms with Crippen LogP contribution in [-0.4, -0.2) is 43.8 Å². The Bertz CT molecular complexity index is 833. The lowest BCUT2D eigenvalue weighted by atomic mass is 10.1. The highest BCUT2D eigenvalue weighted by Crippen LogP contribution is 2.22. The molecule has 2 heterocycles. The van der Waals surface area contributed by atoms with E-state index in [9.17, 15) is 9.59 Å². The number of hydrogen-bond donors (Lipinski definition) is 0. The fraction of sp³-hybridized carbons (Fsp3) is 0.450. The third-order valence-corrected chi connectivity index (χ3v) is 5.16. The molecule has 2 amide bonds. The summed E-state index contributed by atoms with van der Waals surface area (Å²) in [6.07, 6.45) is 3.54. The second kappa shape index (κ2) is 8.13. The second-order valence-corrected chi connectivity index (χ2v) is 7.82. The summed E-state index contributed by atoms with van der Waals surface area (Å²) in [6.45, 7) is 7.67. The number of carbonyl (C=O) groups excluding carboxylic acids is 2. The van der Waals surface area contributed by atoms with Gasteiger partial charge in [0.2, 0.25) is 11.8 Å². The van der Waals surface area contributed by atoms with Crippen LogP contribution in [0.1, 0.15) is 32.0 Å². The van der Waals surface area contributed by atoms with E-state index in [1.807, 2.05) is 22.8 Å². The first-order valence-corrected chi connectivity index (χ1v) is 9.55. The van der Waals surface area contributed by atoms with Gasteiger partial charge in [0, 0.05) is 24.3 Å². The first kappa shape index (κ1) is 19.4. The van der Waals surface area contributed by atoms with Crippen molar-refractivity contribution in [2.45, 2.75) is 46.4 Å². The van der Waals surface area contributed by atoms with Gasteiger partial charge in [-0.15, -0.1) is 0 Å². The number of piperazine rings is 1. The summed E-state index contributed by atoms with van der Waals surface area (Å²) in [4.78, 5) is 33.0. The summed E-state index contributed by atoms with van der Waals surface area (Å²) in [7, 11) is 0. The van der Waals surface area contributed by atoms with Crippen LogP contribution in [0.25, 0.3) is 0 Å². The average Bonchev–Trinajstić information content (AvgIpc) is 3.04. The first-order valence-electron chi connectivity index (χ1n) is 9.17. The zero-order valence-corrected chi connectivity index (χ0v) is 16.7. The molecule has 1 aromatic heterocycles. The molecular weight excluding hydrogens is 364 g/mol. The van der Waals surface area contributed by atoms with Crippen molar-refractivity contribution in [1.82, 2.24) is 19.4 Å². The molecule has 6 nitrogen and oxygen atoms in total. The summed E-state index contributed by atoms with van der Waals surface area (Å²) >= 11 is 6.20. The van der Waals surface area contributed by atoms with Crippen molar-refractivity contribution < 1.29 is 9.59 Å². The number of carbonyl (C=O) groups is 2. The smallest absolute Gasteiger partial charge is 0.245 e. The Morgan fingerprint density at radius 3 is 2.67 bits per heavy atom. The molecule has 27 heavy (non-hydrogen) atoms. The second-order valence-electron chi connectivity index (χ2n) is 7.41. The Hall–Kier alpha value is -2.34. The van der Waals surface area contributed by atoms with Gasteiger partial charge < -0.3 is 14.4 Å². The molecule has 0 aliphatic carbocycles. The Labute approximate surface area is 164 Å². The number of benzene rings is 1. The fourth-order valence-electron chi connectivity index (χ4n) is 3.35. The van der Waals surface area contributed by atoms with Gasteiger partial charge >= 0.3 is 0 Å². The van der Waals surface area contributed by atoms with Crippen LogP contribution >= 0.6 is 11.6 Å². The maximum Gasteiger partial charge on any atom is 0.245 e. The molecule has 1 aliphatic rings. The predicted molar refractivity (Wildman–Crippen MR) is 104 cm³/mol. The highest BCUT2D eigenvalue weighted by atomic mass is 35.5. The van der Waals surface area contributed by atoms with Gasteiger partial charge in [-0.2, -0.15) is 0 Å². The van der Waals surface area contributed by atoms with Gasteiger partial charge in [0.1, 0.15) is 12.6 Å². The summed E-state index contributed by atoms with van der Waals surface area (Å²) in [5, 5.41) is 0.602. The van der Waals surface area contributed by atoms with Gasteiger partial charge in [0.05, 0.1) is 18.6 Å². The normalized spacial score (nSPS) is 17.9. The molecule has 144 valence electrons. The molecule has 3 rings (SSSR count). The van der Waals surface area contributed by atoms with E-state index in [2.05, 4.69) is 18.8 Å². The number of nitrogens with zero attached hydrogens (tertiary/aromatic N) is 4. The van der Waals surface area contributed by atoms with Crippen molar-refractivity contribution in [2.75, 3.05) is 6.54 Å². The van der Waals surface area contributed by atoms with Crippen LogP contribution in [0, 0.1) is 5.92 Å². The van der Waals surface area contributed by atoms with Crippen LogP contribution in [0.3, 0.4) is 0 Å². The minimum absolute atomic E-state index is 0.0622. The number of rotatable bonds is 6. The quantitative estimate of drug-likeness (QED) is 0.764. The van der Waals surface area contributed by atoms with Crippen LogP contribution in [0.2, 0.25) is 5.02 Å². The third kappa shape index (κ3) is 4.33. The van der Waals surface area contributed by atoms with Crippen molar-refractivity contribution in [3.8, 4) is 0 Å². The van der Waals surface area contributed by atoms with Crippen LogP contribution in [0.15, 0.2) is 36.8 Å². The fourth-order valence-corrected chi connectivity index (χ4v) is 3.54. The summed E-state index contributed by atoms with van der Waals surface area (Å²) < 4.78 is 2.05. The molecule has 1 atom stereocenters. The van der Waals surface area contributed by atoms with Gasteiger partial charge in [0.25, 0.3) is 0 Å². The molecule has 1 saturated heterocycles. The van der Waals surface area contributed by atoms with E-state index >= 15 is 0 Å². The van der Waals surface area contributed by atoms with Gasteiger partial charge in [-0.25, -0.2) is 4.98 Å². The zero-order valence-electron chi connectivity index (χ0n) is 15.9. The van der Waals surface area contributed by atoms with E-state index in [-0.39, 0.29) is 18.4 Å². The molecule has 0 N–H and O–H groups in total. The Morgan fingerprint density at radius 2 is 1.96 bits per heavy atom. The van der Waals surface area contributed by atoms with Gasteiger partial charge in [-0.05, 0) is 24.5 Å². The molecule has 0 saturated carbocycles. The zero-order chi connectivity index (χ0) is 19.6. The van der Waals surface area contributed by atoms with E-state index < -0.39 is 6.04 Å². The number of imidazole rings is 1. The summed E-state index contributed by atoms with van der Waals surface area (Å²) in [5.74, 6) is 0.344. The molecule has 2 aromatic rings. The Morgan fingerprint density at radius 1 is 1.22 bits per heavy atom. The lowest BCUT2D eigenvalue weighted by Crippen LogP contribution is -2.58. The Kier molecular flexibility index (Phi) is 5.85. The SMILES string of the molecule is CC(C)Cn1cncc1CN1C(=O)CN(Cc2ccccc2Cl)C(=O)[C@@H]1C. The van der Waals surface area contributed by atoms with Crippen molar-refractivity contribution >= 4 is 23.4 Å². The lowest BCUT2D eigenvalue weighted by molar-refractivity contribution is -0.156. The van der Waals surface area contributed by atoms with E-state index in [4.69, 9.17) is 11.6 Å². The minimum atomic E-state index is -0.517.